The summed E-state index contributed by atoms with van der Waals surface area (Å²) in [6, 6.07) is 75.6. The maximum Gasteiger partial charge on any atom is 0.0714 e. The predicted octanol–water partition coefficient (Wildman–Crippen LogP) is 15.3. The lowest BCUT2D eigenvalue weighted by atomic mass is 9.67. The second kappa shape index (κ2) is 12.5. The van der Waals surface area contributed by atoms with Crippen LogP contribution in [0.4, 0.5) is 17.1 Å². The van der Waals surface area contributed by atoms with Gasteiger partial charge in [0.25, 0.3) is 0 Å². The molecule has 0 aliphatic heterocycles. The highest BCUT2D eigenvalue weighted by molar-refractivity contribution is 6.11. The molecule has 0 saturated carbocycles. The summed E-state index contributed by atoms with van der Waals surface area (Å²) >= 11 is 0. The summed E-state index contributed by atoms with van der Waals surface area (Å²) in [4.78, 5) is 2.60. The molecule has 0 saturated heterocycles. The van der Waals surface area contributed by atoms with Gasteiger partial charge in [0.05, 0.1) is 11.1 Å². The van der Waals surface area contributed by atoms with E-state index in [0.717, 1.165) is 11.4 Å². The zero-order valence-electron chi connectivity index (χ0n) is 34.5. The first-order valence-corrected chi connectivity index (χ1v) is 21.4. The van der Waals surface area contributed by atoms with Crippen molar-refractivity contribution in [2.75, 3.05) is 4.90 Å². The molecule has 3 aliphatic carbocycles. The molecule has 9 aromatic carbocycles. The Morgan fingerprint density at radius 2 is 0.767 bits per heavy atom. The van der Waals surface area contributed by atoms with E-state index >= 15 is 0 Å². The molecular weight excluding hydrogens is 723 g/mol. The second-order valence-corrected chi connectivity index (χ2v) is 18.0. The van der Waals surface area contributed by atoms with Gasteiger partial charge in [0.15, 0.2) is 0 Å². The van der Waals surface area contributed by atoms with E-state index in [0.29, 0.717) is 0 Å². The average molecular weight is 768 g/mol. The molecule has 0 heterocycles. The lowest BCUT2D eigenvalue weighted by Crippen LogP contribution is -2.28. The molecule has 1 nitrogen and oxygen atoms in total. The number of fused-ring (bicyclic) bond motifs is 10. The van der Waals surface area contributed by atoms with Crippen molar-refractivity contribution in [1.29, 1.82) is 0 Å². The number of hydrogen-bond acceptors (Lipinski definition) is 1. The van der Waals surface area contributed by atoms with E-state index in [1.807, 2.05) is 0 Å². The Kier molecular flexibility index (Phi) is 7.31. The fraction of sp³-hybridized carbons (Fsp3) is 0.119. The standard InChI is InChI=1S/C59H45N/c1-57(2)49-28-16-13-25-44(49)47-36-41(31-33-51(47)57)60(42-32-34-52-48(37-42)45-26-14-17-29-50(45)58(52,3)4)56-43-24-12-11-19-38(43)35-54-55(56)46-27-15-18-30-53(46)59(54,39-20-7-5-8-21-39)40-22-9-6-10-23-40/h5-37H,1-4H3. The smallest absolute Gasteiger partial charge is 0.0714 e. The maximum absolute atomic E-state index is 2.60. The number of benzene rings is 9. The highest BCUT2D eigenvalue weighted by Crippen LogP contribution is 2.62. The molecule has 0 radical (unpaired) electrons. The second-order valence-electron chi connectivity index (χ2n) is 18.0. The molecule has 0 amide bonds. The molecule has 0 bridgehead atoms. The predicted molar refractivity (Wildman–Crippen MR) is 251 cm³/mol. The van der Waals surface area contributed by atoms with Crippen LogP contribution in [-0.2, 0) is 16.2 Å². The monoisotopic (exact) mass is 767 g/mol. The molecule has 0 unspecified atom stereocenters. The maximum atomic E-state index is 2.60. The van der Waals surface area contributed by atoms with Crippen molar-refractivity contribution >= 4 is 27.8 Å². The Balaban J connectivity index is 1.23. The van der Waals surface area contributed by atoms with Crippen LogP contribution < -0.4 is 4.90 Å². The third-order valence-corrected chi connectivity index (χ3v) is 14.3. The molecular formula is C59H45N. The van der Waals surface area contributed by atoms with Gasteiger partial charge in [-0.3, -0.25) is 0 Å². The van der Waals surface area contributed by atoms with Crippen LogP contribution in [0.25, 0.3) is 44.2 Å². The minimum atomic E-state index is -0.541. The van der Waals surface area contributed by atoms with Crippen LogP contribution in [0, 0.1) is 0 Å². The molecule has 0 fully saturated rings. The van der Waals surface area contributed by atoms with Crippen LogP contribution in [-0.4, -0.2) is 0 Å². The lowest BCUT2D eigenvalue weighted by Gasteiger charge is -2.35. The quantitative estimate of drug-likeness (QED) is 0.169. The van der Waals surface area contributed by atoms with Crippen LogP contribution in [0.1, 0.15) is 72.2 Å². The van der Waals surface area contributed by atoms with Crippen molar-refractivity contribution in [3.05, 3.63) is 245 Å². The SMILES string of the molecule is CC1(C)c2ccccc2-c2cc(N(c3ccc4c(c3)-c3ccccc3C4(C)C)c3c4c(cc5ccccc35)C(c3ccccc3)(c3ccccc3)c3ccccc3-4)ccc21. The Labute approximate surface area is 353 Å². The van der Waals surface area contributed by atoms with Gasteiger partial charge in [-0.25, -0.2) is 0 Å². The van der Waals surface area contributed by atoms with E-state index < -0.39 is 5.41 Å². The molecule has 12 rings (SSSR count). The highest BCUT2D eigenvalue weighted by atomic mass is 15.1. The van der Waals surface area contributed by atoms with Crippen LogP contribution in [0.3, 0.4) is 0 Å². The third-order valence-electron chi connectivity index (χ3n) is 14.3. The van der Waals surface area contributed by atoms with Crippen molar-refractivity contribution in [1.82, 2.24) is 0 Å². The van der Waals surface area contributed by atoms with Gasteiger partial charge >= 0.3 is 0 Å². The Morgan fingerprint density at radius 1 is 0.333 bits per heavy atom. The van der Waals surface area contributed by atoms with Crippen molar-refractivity contribution in [3.63, 3.8) is 0 Å². The fourth-order valence-electron chi connectivity index (χ4n) is 11.6. The van der Waals surface area contributed by atoms with E-state index in [1.165, 1.54) is 94.3 Å². The van der Waals surface area contributed by atoms with Gasteiger partial charge < -0.3 is 4.90 Å². The third kappa shape index (κ3) is 4.58. The van der Waals surface area contributed by atoms with Gasteiger partial charge in [-0.2, -0.15) is 0 Å². The van der Waals surface area contributed by atoms with Crippen LogP contribution >= 0.6 is 0 Å². The molecule has 3 aliphatic rings. The van der Waals surface area contributed by atoms with E-state index in [-0.39, 0.29) is 10.8 Å². The zero-order valence-corrected chi connectivity index (χ0v) is 34.5. The molecule has 286 valence electrons. The molecule has 1 heteroatoms. The largest absolute Gasteiger partial charge is 0.309 e. The van der Waals surface area contributed by atoms with Crippen molar-refractivity contribution < 1.29 is 0 Å². The Hall–Kier alpha value is -6.96. The van der Waals surface area contributed by atoms with Crippen molar-refractivity contribution in [2.45, 2.75) is 43.9 Å². The van der Waals surface area contributed by atoms with Gasteiger partial charge in [0, 0.05) is 33.2 Å². The molecule has 0 aromatic heterocycles. The average Bonchev–Trinajstić information content (AvgIpc) is 3.81. The number of anilines is 3. The Bertz CT molecular complexity index is 3060. The molecule has 0 N–H and O–H groups in total. The summed E-state index contributed by atoms with van der Waals surface area (Å²) < 4.78 is 0. The van der Waals surface area contributed by atoms with Crippen molar-refractivity contribution in [2.24, 2.45) is 0 Å². The topological polar surface area (TPSA) is 3.24 Å². The first kappa shape index (κ1) is 35.0. The van der Waals surface area contributed by atoms with Gasteiger partial charge in [-0.15, -0.1) is 0 Å². The molecule has 60 heavy (non-hydrogen) atoms. The van der Waals surface area contributed by atoms with Gasteiger partial charge in [-0.05, 0) is 108 Å². The van der Waals surface area contributed by atoms with Crippen molar-refractivity contribution in [3.8, 4) is 33.4 Å². The lowest BCUT2D eigenvalue weighted by molar-refractivity contribution is 0.660. The highest BCUT2D eigenvalue weighted by Gasteiger charge is 2.48. The number of nitrogens with zero attached hydrogens (tertiary/aromatic N) is 1. The first-order valence-electron chi connectivity index (χ1n) is 21.4. The minimum absolute atomic E-state index is 0.0945. The summed E-state index contributed by atoms with van der Waals surface area (Å²) in [5.41, 5.74) is 21.3. The molecule has 0 spiro atoms. The van der Waals surface area contributed by atoms with Gasteiger partial charge in [0.2, 0.25) is 0 Å². The number of hydrogen-bond donors (Lipinski definition) is 0. The summed E-state index contributed by atoms with van der Waals surface area (Å²) in [5, 5.41) is 2.45. The Morgan fingerprint density at radius 3 is 1.32 bits per heavy atom. The summed E-state index contributed by atoms with van der Waals surface area (Å²) in [6.07, 6.45) is 0. The summed E-state index contributed by atoms with van der Waals surface area (Å²) in [6.45, 7) is 9.48. The summed E-state index contributed by atoms with van der Waals surface area (Å²) in [7, 11) is 0. The van der Waals surface area contributed by atoms with Crippen LogP contribution in [0.2, 0.25) is 0 Å². The van der Waals surface area contributed by atoms with Gasteiger partial charge in [-0.1, -0.05) is 198 Å². The van der Waals surface area contributed by atoms with E-state index in [2.05, 4.69) is 233 Å². The van der Waals surface area contributed by atoms with Crippen LogP contribution in [0.5, 0.6) is 0 Å². The first-order chi connectivity index (χ1) is 29.3. The number of rotatable bonds is 5. The van der Waals surface area contributed by atoms with E-state index in [1.54, 1.807) is 0 Å². The van der Waals surface area contributed by atoms with Crippen LogP contribution in [0.15, 0.2) is 200 Å². The van der Waals surface area contributed by atoms with E-state index in [4.69, 9.17) is 0 Å². The normalized spacial score (nSPS) is 15.4. The summed E-state index contributed by atoms with van der Waals surface area (Å²) in [5.74, 6) is 0. The fourth-order valence-corrected chi connectivity index (χ4v) is 11.6. The molecule has 0 atom stereocenters. The van der Waals surface area contributed by atoms with E-state index in [9.17, 15) is 0 Å². The minimum Gasteiger partial charge on any atom is -0.309 e. The molecule has 9 aromatic rings. The zero-order chi connectivity index (χ0) is 40.4. The van der Waals surface area contributed by atoms with Gasteiger partial charge in [0.1, 0.15) is 0 Å².